The summed E-state index contributed by atoms with van der Waals surface area (Å²) in [7, 11) is 1.73. The molecule has 3 N–H and O–H groups in total. The van der Waals surface area contributed by atoms with Gasteiger partial charge in [0, 0.05) is 18.3 Å². The number of hydrogen-bond donors (Lipinski definition) is 2. The van der Waals surface area contributed by atoms with Gasteiger partial charge in [-0.2, -0.15) is 5.10 Å². The molecule has 94 valence electrons. The highest BCUT2D eigenvalue weighted by Crippen LogP contribution is 2.17. The predicted octanol–water partition coefficient (Wildman–Crippen LogP) is 0.830. The summed E-state index contributed by atoms with van der Waals surface area (Å²) < 4.78 is 15.2. The van der Waals surface area contributed by atoms with Crippen LogP contribution in [-0.4, -0.2) is 22.7 Å². The molecule has 0 saturated carbocycles. The molecule has 1 aromatic heterocycles. The monoisotopic (exact) mass is 248 g/mol. The van der Waals surface area contributed by atoms with E-state index in [9.17, 15) is 9.18 Å². The highest BCUT2D eigenvalue weighted by molar-refractivity contribution is 5.90. The predicted molar refractivity (Wildman–Crippen MR) is 64.8 cm³/mol. The molecule has 0 fully saturated rings. The zero-order valence-corrected chi connectivity index (χ0v) is 9.85. The van der Waals surface area contributed by atoms with Gasteiger partial charge in [0.1, 0.15) is 11.5 Å². The van der Waals surface area contributed by atoms with Crippen LogP contribution in [0.1, 0.15) is 16.1 Å². The zero-order chi connectivity index (χ0) is 13.1. The van der Waals surface area contributed by atoms with Crippen molar-refractivity contribution < 1.29 is 9.18 Å². The largest absolute Gasteiger partial charge is 0.364 e. The van der Waals surface area contributed by atoms with Crippen LogP contribution in [0.5, 0.6) is 0 Å². The summed E-state index contributed by atoms with van der Waals surface area (Å²) in [6.45, 7) is 0.369. The summed E-state index contributed by atoms with van der Waals surface area (Å²) in [5.41, 5.74) is 6.34. The van der Waals surface area contributed by atoms with Crippen molar-refractivity contribution in [2.75, 3.05) is 7.05 Å². The van der Waals surface area contributed by atoms with Gasteiger partial charge in [-0.3, -0.25) is 4.79 Å². The lowest BCUT2D eigenvalue weighted by Gasteiger charge is -2.10. The number of carbonyl (C=O) groups is 1. The molecular formula is C12H13FN4O. The minimum Gasteiger partial charge on any atom is -0.364 e. The third kappa shape index (κ3) is 2.23. The maximum atomic E-state index is 13.7. The molecule has 0 atom stereocenters. The van der Waals surface area contributed by atoms with Gasteiger partial charge >= 0.3 is 0 Å². The van der Waals surface area contributed by atoms with Crippen LogP contribution in [0.25, 0.3) is 5.69 Å². The first kappa shape index (κ1) is 12.3. The lowest BCUT2D eigenvalue weighted by atomic mass is 10.1. The van der Waals surface area contributed by atoms with Crippen LogP contribution in [-0.2, 0) is 6.54 Å². The van der Waals surface area contributed by atoms with E-state index in [4.69, 9.17) is 5.73 Å². The summed E-state index contributed by atoms with van der Waals surface area (Å²) >= 11 is 0. The maximum absolute atomic E-state index is 13.7. The Bertz CT molecular complexity index is 579. The second kappa shape index (κ2) is 4.97. The first-order valence-electron chi connectivity index (χ1n) is 5.41. The van der Waals surface area contributed by atoms with E-state index in [-0.39, 0.29) is 11.5 Å². The zero-order valence-electron chi connectivity index (χ0n) is 9.85. The molecule has 0 bridgehead atoms. The number of aromatic nitrogens is 2. The number of halogens is 1. The number of hydrogen-bond acceptors (Lipinski definition) is 3. The average Bonchev–Trinajstić information content (AvgIpc) is 2.81. The Hall–Kier alpha value is -2.21. The third-order valence-corrected chi connectivity index (χ3v) is 2.54. The molecule has 2 rings (SSSR count). The second-order valence-corrected chi connectivity index (χ2v) is 3.78. The first-order valence-corrected chi connectivity index (χ1v) is 5.41. The number of nitrogens with zero attached hydrogens (tertiary/aromatic N) is 2. The van der Waals surface area contributed by atoms with Gasteiger partial charge in [-0.1, -0.05) is 6.07 Å². The number of rotatable bonds is 4. The topological polar surface area (TPSA) is 72.9 Å². The molecule has 0 saturated heterocycles. The highest BCUT2D eigenvalue weighted by Gasteiger charge is 2.12. The van der Waals surface area contributed by atoms with Crippen LogP contribution in [0, 0.1) is 5.82 Å². The normalized spacial score (nSPS) is 10.6. The average molecular weight is 248 g/mol. The smallest absolute Gasteiger partial charge is 0.269 e. The number of benzene rings is 1. The molecule has 0 radical (unpaired) electrons. The van der Waals surface area contributed by atoms with Crippen molar-refractivity contribution in [2.24, 2.45) is 5.73 Å². The molecule has 0 aliphatic carbocycles. The van der Waals surface area contributed by atoms with Crippen LogP contribution in [0.4, 0.5) is 4.39 Å². The van der Waals surface area contributed by atoms with E-state index in [1.54, 1.807) is 25.4 Å². The van der Waals surface area contributed by atoms with Crippen LogP contribution in [0.15, 0.2) is 30.5 Å². The molecule has 1 amide bonds. The number of primary amides is 1. The lowest BCUT2D eigenvalue weighted by molar-refractivity contribution is 0.0995. The summed E-state index contributed by atoms with van der Waals surface area (Å²) in [4.78, 5) is 11.0. The fourth-order valence-corrected chi connectivity index (χ4v) is 1.70. The quantitative estimate of drug-likeness (QED) is 0.841. The van der Waals surface area contributed by atoms with E-state index >= 15 is 0 Å². The van der Waals surface area contributed by atoms with E-state index in [0.717, 1.165) is 0 Å². The Morgan fingerprint density at radius 3 is 2.89 bits per heavy atom. The molecule has 1 aromatic carbocycles. The van der Waals surface area contributed by atoms with Gasteiger partial charge in [-0.05, 0) is 25.2 Å². The van der Waals surface area contributed by atoms with Crippen molar-refractivity contribution in [3.8, 4) is 5.69 Å². The second-order valence-electron chi connectivity index (χ2n) is 3.78. The Morgan fingerprint density at radius 2 is 2.28 bits per heavy atom. The number of nitrogens with one attached hydrogen (secondary N) is 1. The minimum absolute atomic E-state index is 0.148. The SMILES string of the molecule is CNCc1c(F)cccc1-n1ccc(C(N)=O)n1. The molecule has 1 heterocycles. The van der Waals surface area contributed by atoms with E-state index in [0.29, 0.717) is 17.8 Å². The van der Waals surface area contributed by atoms with Gasteiger partial charge in [-0.15, -0.1) is 0 Å². The van der Waals surface area contributed by atoms with Gasteiger partial charge in [0.25, 0.3) is 5.91 Å². The molecule has 5 nitrogen and oxygen atoms in total. The van der Waals surface area contributed by atoms with Crippen molar-refractivity contribution >= 4 is 5.91 Å². The maximum Gasteiger partial charge on any atom is 0.269 e. The number of amides is 1. The minimum atomic E-state index is -0.611. The Labute approximate surface area is 103 Å². The molecule has 0 unspecified atom stereocenters. The van der Waals surface area contributed by atoms with Gasteiger partial charge in [0.05, 0.1) is 5.69 Å². The molecular weight excluding hydrogens is 235 g/mol. The van der Waals surface area contributed by atoms with Gasteiger partial charge in [-0.25, -0.2) is 9.07 Å². The third-order valence-electron chi connectivity index (χ3n) is 2.54. The summed E-state index contributed by atoms with van der Waals surface area (Å²) in [5.74, 6) is -0.932. The molecule has 0 aliphatic rings. The van der Waals surface area contributed by atoms with Gasteiger partial charge < -0.3 is 11.1 Å². The van der Waals surface area contributed by atoms with E-state index in [1.807, 2.05) is 0 Å². The number of nitrogens with two attached hydrogens (primary N) is 1. The van der Waals surface area contributed by atoms with Gasteiger partial charge in [0.15, 0.2) is 0 Å². The van der Waals surface area contributed by atoms with Crippen molar-refractivity contribution in [1.82, 2.24) is 15.1 Å². The standard InChI is InChI=1S/C12H13FN4O/c1-15-7-8-9(13)3-2-4-11(8)17-6-5-10(16-17)12(14)18/h2-6,15H,7H2,1H3,(H2,14,18). The van der Waals surface area contributed by atoms with E-state index in [1.165, 1.54) is 16.8 Å². The van der Waals surface area contributed by atoms with Crippen LogP contribution in [0.2, 0.25) is 0 Å². The molecule has 6 heteroatoms. The van der Waals surface area contributed by atoms with Gasteiger partial charge in [0.2, 0.25) is 0 Å². The van der Waals surface area contributed by atoms with Crippen molar-refractivity contribution in [2.45, 2.75) is 6.54 Å². The Morgan fingerprint density at radius 1 is 1.50 bits per heavy atom. The summed E-state index contributed by atoms with van der Waals surface area (Å²) in [6, 6.07) is 6.20. The van der Waals surface area contributed by atoms with Crippen molar-refractivity contribution in [3.05, 3.63) is 47.5 Å². The highest BCUT2D eigenvalue weighted by atomic mass is 19.1. The molecule has 0 spiro atoms. The fourth-order valence-electron chi connectivity index (χ4n) is 1.70. The van der Waals surface area contributed by atoms with Crippen molar-refractivity contribution in [1.29, 1.82) is 0 Å². The fraction of sp³-hybridized carbons (Fsp3) is 0.167. The first-order chi connectivity index (χ1) is 8.63. The summed E-state index contributed by atoms with van der Waals surface area (Å²) in [5, 5.41) is 6.90. The van der Waals surface area contributed by atoms with E-state index < -0.39 is 5.91 Å². The molecule has 18 heavy (non-hydrogen) atoms. The molecule has 0 aliphatic heterocycles. The number of carbonyl (C=O) groups excluding carboxylic acids is 1. The Kier molecular flexibility index (Phi) is 3.38. The van der Waals surface area contributed by atoms with E-state index in [2.05, 4.69) is 10.4 Å². The van der Waals surface area contributed by atoms with Crippen LogP contribution in [0.3, 0.4) is 0 Å². The van der Waals surface area contributed by atoms with Crippen LogP contribution < -0.4 is 11.1 Å². The Balaban J connectivity index is 2.49. The van der Waals surface area contributed by atoms with Crippen molar-refractivity contribution in [3.63, 3.8) is 0 Å². The van der Waals surface area contributed by atoms with Crippen LogP contribution >= 0.6 is 0 Å². The molecule has 2 aromatic rings. The lowest BCUT2D eigenvalue weighted by Crippen LogP contribution is -2.14. The summed E-state index contributed by atoms with van der Waals surface area (Å²) in [6.07, 6.45) is 1.58.